The predicted molar refractivity (Wildman–Crippen MR) is 133 cm³/mol. The first kappa shape index (κ1) is 24.3. The van der Waals surface area contributed by atoms with Gasteiger partial charge in [-0.2, -0.15) is 5.26 Å². The molecule has 35 heavy (non-hydrogen) atoms. The molecule has 0 aliphatic heterocycles. The highest BCUT2D eigenvalue weighted by Gasteiger charge is 2.29. The molecule has 0 aromatic carbocycles. The summed E-state index contributed by atoms with van der Waals surface area (Å²) in [5.74, 6) is -0.558. The normalized spacial score (nSPS) is 21.3. The number of anilines is 1. The average Bonchev–Trinajstić information content (AvgIpc) is 3.28. The van der Waals surface area contributed by atoms with Gasteiger partial charge < -0.3 is 15.4 Å². The number of carbonyl (C=O) groups is 2. The Morgan fingerprint density at radius 2 is 2.00 bits per heavy atom. The van der Waals surface area contributed by atoms with Gasteiger partial charge in [0.05, 0.1) is 28.9 Å². The molecule has 1 unspecified atom stereocenters. The van der Waals surface area contributed by atoms with E-state index in [9.17, 15) is 14.7 Å². The van der Waals surface area contributed by atoms with Crippen molar-refractivity contribution in [1.29, 1.82) is 5.26 Å². The summed E-state index contributed by atoms with van der Waals surface area (Å²) in [4.78, 5) is 36.4. The summed E-state index contributed by atoms with van der Waals surface area (Å²) in [5, 5.41) is 22.6. The summed E-state index contributed by atoms with van der Waals surface area (Å²) in [5.41, 5.74) is 3.29. The second-order valence-corrected chi connectivity index (χ2v) is 10.3. The summed E-state index contributed by atoms with van der Waals surface area (Å²) in [6.45, 7) is 7.59. The van der Waals surface area contributed by atoms with Gasteiger partial charge in [0.1, 0.15) is 11.8 Å². The highest BCUT2D eigenvalue weighted by atomic mass is 16.3. The number of hydrogen-bond donors (Lipinski definition) is 3. The van der Waals surface area contributed by atoms with Crippen molar-refractivity contribution in [2.45, 2.75) is 59.0 Å². The van der Waals surface area contributed by atoms with Gasteiger partial charge in [-0.15, -0.1) is 0 Å². The summed E-state index contributed by atoms with van der Waals surface area (Å²) in [6, 6.07) is 5.49. The molecule has 2 heterocycles. The number of nitriles is 1. The molecule has 0 saturated carbocycles. The molecule has 2 aromatic rings. The summed E-state index contributed by atoms with van der Waals surface area (Å²) in [7, 11) is 0. The van der Waals surface area contributed by atoms with Crippen LogP contribution in [0.4, 0.5) is 5.69 Å². The number of amides is 1. The largest absolute Gasteiger partial charge is 0.386 e. The Labute approximate surface area is 204 Å². The lowest BCUT2D eigenvalue weighted by molar-refractivity contribution is -0.113. The van der Waals surface area contributed by atoms with Crippen LogP contribution < -0.4 is 5.32 Å². The Hall–Kier alpha value is -3.83. The number of pyridine rings is 1. The monoisotopic (exact) mass is 471 g/mol. The molecule has 0 bridgehead atoms. The van der Waals surface area contributed by atoms with Crippen LogP contribution >= 0.6 is 0 Å². The molecule has 1 amide bonds. The molecule has 3 N–H and O–H groups in total. The fourth-order valence-corrected chi connectivity index (χ4v) is 4.37. The van der Waals surface area contributed by atoms with Gasteiger partial charge in [0.2, 0.25) is 0 Å². The zero-order chi connectivity index (χ0) is 25.4. The molecule has 2 aromatic heterocycles. The van der Waals surface area contributed by atoms with Gasteiger partial charge >= 0.3 is 0 Å². The van der Waals surface area contributed by atoms with Gasteiger partial charge in [0, 0.05) is 12.0 Å². The molecule has 0 fully saturated rings. The highest BCUT2D eigenvalue weighted by Crippen LogP contribution is 2.40. The summed E-state index contributed by atoms with van der Waals surface area (Å²) < 4.78 is 0. The quantitative estimate of drug-likeness (QED) is 0.585. The maximum absolute atomic E-state index is 12.8. The van der Waals surface area contributed by atoms with Crippen LogP contribution in [0.2, 0.25) is 0 Å². The summed E-state index contributed by atoms with van der Waals surface area (Å²) >= 11 is 0. The number of Topliss-reactive ketones (excluding diaryl/α,β-unsaturated/α-hetero) is 1. The maximum atomic E-state index is 12.8. The van der Waals surface area contributed by atoms with E-state index in [4.69, 9.17) is 10.2 Å². The molecule has 2 aliphatic rings. The van der Waals surface area contributed by atoms with E-state index in [0.717, 1.165) is 30.4 Å². The minimum absolute atomic E-state index is 0.0395. The molecule has 0 saturated heterocycles. The zero-order valence-corrected chi connectivity index (χ0v) is 20.4. The standard InChI is InChI=1S/C27H29N5O3/c1-16(33)18-11-19(13-27(4,35)12-18)21-5-6-22(32-25(34)24-29-15-20(14-28)30-24)23(31-21)17-7-9-26(2,3)10-8-17/h5-7,11-12,15,35H,8-10,13H2,1-4H3,(H,29,30)(H,32,34). The predicted octanol–water partition coefficient (Wildman–Crippen LogP) is 4.58. The Kier molecular flexibility index (Phi) is 6.30. The maximum Gasteiger partial charge on any atom is 0.291 e. The molecule has 0 spiro atoms. The van der Waals surface area contributed by atoms with Crippen molar-refractivity contribution in [3.63, 3.8) is 0 Å². The van der Waals surface area contributed by atoms with Crippen molar-refractivity contribution >= 4 is 28.5 Å². The molecular weight excluding hydrogens is 442 g/mol. The van der Waals surface area contributed by atoms with Crippen molar-refractivity contribution in [2.75, 3.05) is 5.32 Å². The van der Waals surface area contributed by atoms with Crippen molar-refractivity contribution < 1.29 is 14.7 Å². The molecule has 0 radical (unpaired) electrons. The fraction of sp³-hybridized carbons (Fsp3) is 0.370. The minimum Gasteiger partial charge on any atom is -0.386 e. The molecular formula is C27H29N5O3. The third-order valence-electron chi connectivity index (χ3n) is 6.41. The summed E-state index contributed by atoms with van der Waals surface area (Å²) in [6.07, 6.45) is 9.83. The second kappa shape index (κ2) is 9.08. The second-order valence-electron chi connectivity index (χ2n) is 10.3. The number of nitrogens with zero attached hydrogens (tertiary/aromatic N) is 3. The number of aliphatic hydroxyl groups is 1. The van der Waals surface area contributed by atoms with Crippen molar-refractivity contribution in [2.24, 2.45) is 5.41 Å². The van der Waals surface area contributed by atoms with E-state index in [1.165, 1.54) is 13.1 Å². The molecule has 8 heteroatoms. The van der Waals surface area contributed by atoms with Gasteiger partial charge in [-0.3, -0.25) is 9.59 Å². The number of H-pyrrole nitrogens is 1. The minimum atomic E-state index is -1.16. The van der Waals surface area contributed by atoms with Crippen LogP contribution in [0, 0.1) is 16.7 Å². The van der Waals surface area contributed by atoms with Crippen LogP contribution in [0.3, 0.4) is 0 Å². The Balaban J connectivity index is 1.74. The topological polar surface area (TPSA) is 132 Å². The lowest BCUT2D eigenvalue weighted by Gasteiger charge is -2.29. The average molecular weight is 472 g/mol. The van der Waals surface area contributed by atoms with Crippen LogP contribution in [0.25, 0.3) is 11.1 Å². The number of hydrogen-bond acceptors (Lipinski definition) is 6. The van der Waals surface area contributed by atoms with Crippen LogP contribution in [0.5, 0.6) is 0 Å². The number of nitrogens with one attached hydrogen (secondary N) is 2. The van der Waals surface area contributed by atoms with E-state index in [-0.39, 0.29) is 22.7 Å². The Morgan fingerprint density at radius 3 is 2.63 bits per heavy atom. The number of carbonyl (C=O) groups excluding carboxylic acids is 2. The van der Waals surface area contributed by atoms with E-state index in [1.807, 2.05) is 6.07 Å². The molecule has 180 valence electrons. The highest BCUT2D eigenvalue weighted by molar-refractivity contribution is 6.03. The Morgan fingerprint density at radius 1 is 1.23 bits per heavy atom. The third-order valence-corrected chi connectivity index (χ3v) is 6.41. The SMILES string of the molecule is CC(=O)C1=CC(C)(O)CC(c2ccc(NC(=O)c3ncc(C#N)[nH]3)c(C3=CCC(C)(C)CC3)n2)=C1. The lowest BCUT2D eigenvalue weighted by Crippen LogP contribution is -2.26. The van der Waals surface area contributed by atoms with Crippen LogP contribution in [0.15, 0.2) is 42.1 Å². The molecule has 1 atom stereocenters. The van der Waals surface area contributed by atoms with Crippen LogP contribution in [-0.2, 0) is 4.79 Å². The van der Waals surface area contributed by atoms with Gasteiger partial charge in [-0.1, -0.05) is 19.9 Å². The number of imidazole rings is 1. The van der Waals surface area contributed by atoms with Crippen molar-refractivity contribution in [1.82, 2.24) is 15.0 Å². The van der Waals surface area contributed by atoms with Gasteiger partial charge in [0.25, 0.3) is 5.91 Å². The Bertz CT molecular complexity index is 1330. The van der Waals surface area contributed by atoms with Gasteiger partial charge in [0.15, 0.2) is 11.6 Å². The van der Waals surface area contributed by atoms with Gasteiger partial charge in [-0.25, -0.2) is 9.97 Å². The van der Waals surface area contributed by atoms with E-state index < -0.39 is 11.5 Å². The number of aromatic amines is 1. The first-order valence-corrected chi connectivity index (χ1v) is 11.6. The smallest absolute Gasteiger partial charge is 0.291 e. The number of aromatic nitrogens is 3. The first-order valence-electron chi connectivity index (χ1n) is 11.6. The zero-order valence-electron chi connectivity index (χ0n) is 20.4. The first-order chi connectivity index (χ1) is 16.5. The van der Waals surface area contributed by atoms with Crippen molar-refractivity contribution in [3.8, 4) is 6.07 Å². The van der Waals surface area contributed by atoms with Crippen molar-refractivity contribution in [3.05, 3.63) is 65.0 Å². The van der Waals surface area contributed by atoms with E-state index in [0.29, 0.717) is 29.1 Å². The number of rotatable bonds is 5. The number of allylic oxidation sites excluding steroid dienone is 4. The molecule has 2 aliphatic carbocycles. The van der Waals surface area contributed by atoms with E-state index in [1.54, 1.807) is 31.2 Å². The number of ketones is 1. The van der Waals surface area contributed by atoms with E-state index >= 15 is 0 Å². The van der Waals surface area contributed by atoms with Crippen LogP contribution in [-0.4, -0.2) is 37.3 Å². The van der Waals surface area contributed by atoms with E-state index in [2.05, 4.69) is 35.2 Å². The van der Waals surface area contributed by atoms with Crippen LogP contribution in [0.1, 0.15) is 81.1 Å². The molecule has 8 nitrogen and oxygen atoms in total. The van der Waals surface area contributed by atoms with Gasteiger partial charge in [-0.05, 0) is 74.0 Å². The molecule has 4 rings (SSSR count). The fourth-order valence-electron chi connectivity index (χ4n) is 4.37. The lowest BCUT2D eigenvalue weighted by atomic mass is 9.77. The third kappa shape index (κ3) is 5.47.